The van der Waals surface area contributed by atoms with Gasteiger partial charge in [0, 0.05) is 6.04 Å². The van der Waals surface area contributed by atoms with Crippen molar-refractivity contribution in [1.82, 2.24) is 4.31 Å². The Labute approximate surface area is 130 Å². The summed E-state index contributed by atoms with van der Waals surface area (Å²) in [6.45, 7) is 7.40. The summed E-state index contributed by atoms with van der Waals surface area (Å²) in [5.74, 6) is 0. The van der Waals surface area contributed by atoms with Crippen LogP contribution < -0.4 is 0 Å². The zero-order chi connectivity index (χ0) is 15.9. The quantitative estimate of drug-likeness (QED) is 0.605. The maximum Gasteiger partial charge on any atom is 0.219 e. The van der Waals surface area contributed by atoms with E-state index in [4.69, 9.17) is 0 Å². The average molecular weight is 317 g/mol. The standard InChI is InChI=1S/C16H31NO3S/c1-5-6-7-10-13-14(16(18)11-8-9-12-16)17(13)21(19,20)15(2,3)4/h13-14,18H,5-12H2,1-4H3/t13?,14-,17?/m0/s1. The molecule has 1 N–H and O–H groups in total. The molecule has 0 radical (unpaired) electrons. The van der Waals surface area contributed by atoms with Crippen molar-refractivity contribution < 1.29 is 13.5 Å². The lowest BCUT2D eigenvalue weighted by atomic mass is 9.94. The summed E-state index contributed by atoms with van der Waals surface area (Å²) in [7, 11) is -3.34. The Morgan fingerprint density at radius 1 is 1.19 bits per heavy atom. The van der Waals surface area contributed by atoms with Crippen molar-refractivity contribution in [3.8, 4) is 0 Å². The first-order valence-corrected chi connectivity index (χ1v) is 9.84. The number of hydrogen-bond acceptors (Lipinski definition) is 3. The maximum atomic E-state index is 12.8. The van der Waals surface area contributed by atoms with E-state index in [0.29, 0.717) is 0 Å². The molecular weight excluding hydrogens is 286 g/mol. The van der Waals surface area contributed by atoms with Crippen LogP contribution in [0, 0.1) is 0 Å². The highest BCUT2D eigenvalue weighted by Crippen LogP contribution is 2.50. The third-order valence-corrected chi connectivity index (χ3v) is 7.65. The van der Waals surface area contributed by atoms with Gasteiger partial charge in [-0.1, -0.05) is 39.0 Å². The molecule has 0 amide bonds. The first kappa shape index (κ1) is 17.2. The second-order valence-corrected chi connectivity index (χ2v) is 10.4. The molecule has 3 atom stereocenters. The van der Waals surface area contributed by atoms with Gasteiger partial charge in [0.2, 0.25) is 10.0 Å². The third kappa shape index (κ3) is 3.15. The van der Waals surface area contributed by atoms with Gasteiger partial charge in [0.25, 0.3) is 0 Å². The van der Waals surface area contributed by atoms with Crippen molar-refractivity contribution in [3.63, 3.8) is 0 Å². The van der Waals surface area contributed by atoms with E-state index in [1.54, 1.807) is 25.1 Å². The Morgan fingerprint density at radius 3 is 2.24 bits per heavy atom. The molecule has 1 saturated heterocycles. The van der Waals surface area contributed by atoms with Gasteiger partial charge in [0.1, 0.15) is 0 Å². The molecule has 0 aromatic heterocycles. The van der Waals surface area contributed by atoms with Gasteiger partial charge in [-0.05, 0) is 40.0 Å². The smallest absolute Gasteiger partial charge is 0.219 e. The van der Waals surface area contributed by atoms with Crippen LogP contribution in [-0.4, -0.2) is 40.3 Å². The largest absolute Gasteiger partial charge is 0.388 e. The lowest BCUT2D eigenvalue weighted by molar-refractivity contribution is 0.0381. The number of sulfonamides is 1. The van der Waals surface area contributed by atoms with Gasteiger partial charge >= 0.3 is 0 Å². The molecule has 2 rings (SSSR count). The van der Waals surface area contributed by atoms with Crippen LogP contribution in [0.5, 0.6) is 0 Å². The summed E-state index contributed by atoms with van der Waals surface area (Å²) in [6.07, 6.45) is 7.71. The Bertz CT molecular complexity index is 460. The number of hydrogen-bond donors (Lipinski definition) is 1. The average Bonchev–Trinajstić information content (AvgIpc) is 2.95. The molecular formula is C16H31NO3S. The Kier molecular flexibility index (Phi) is 4.77. The van der Waals surface area contributed by atoms with E-state index in [-0.39, 0.29) is 12.1 Å². The van der Waals surface area contributed by atoms with Crippen LogP contribution in [0.1, 0.15) is 79.1 Å². The van der Waals surface area contributed by atoms with E-state index in [2.05, 4.69) is 6.92 Å². The number of nitrogens with zero attached hydrogens (tertiary/aromatic N) is 1. The summed E-state index contributed by atoms with van der Waals surface area (Å²) in [5.41, 5.74) is -0.783. The van der Waals surface area contributed by atoms with E-state index >= 15 is 0 Å². The van der Waals surface area contributed by atoms with E-state index in [1.165, 1.54) is 0 Å². The van der Waals surface area contributed by atoms with E-state index in [0.717, 1.165) is 51.4 Å². The van der Waals surface area contributed by atoms with Gasteiger partial charge in [0.05, 0.1) is 16.4 Å². The molecule has 2 aliphatic rings. The molecule has 1 aliphatic carbocycles. The molecule has 2 fully saturated rings. The highest BCUT2D eigenvalue weighted by atomic mass is 32.2. The molecule has 0 spiro atoms. The number of rotatable bonds is 6. The van der Waals surface area contributed by atoms with Crippen molar-refractivity contribution >= 4 is 10.0 Å². The lowest BCUT2D eigenvalue weighted by Gasteiger charge is -2.25. The molecule has 1 saturated carbocycles. The number of aliphatic hydroxyl groups is 1. The summed E-state index contributed by atoms with van der Waals surface area (Å²) in [4.78, 5) is 0. The van der Waals surface area contributed by atoms with Gasteiger partial charge in [-0.2, -0.15) is 4.31 Å². The first-order valence-electron chi connectivity index (χ1n) is 8.40. The summed E-state index contributed by atoms with van der Waals surface area (Å²) in [6, 6.07) is -0.162. The fraction of sp³-hybridized carbons (Fsp3) is 1.00. The molecule has 124 valence electrons. The van der Waals surface area contributed by atoms with Crippen LogP contribution >= 0.6 is 0 Å². The van der Waals surface area contributed by atoms with Crippen molar-refractivity contribution in [3.05, 3.63) is 0 Å². The van der Waals surface area contributed by atoms with Crippen molar-refractivity contribution in [2.45, 2.75) is 101 Å². The van der Waals surface area contributed by atoms with Crippen molar-refractivity contribution in [2.24, 2.45) is 0 Å². The normalized spacial score (nSPS) is 32.3. The van der Waals surface area contributed by atoms with E-state index < -0.39 is 20.4 Å². The topological polar surface area (TPSA) is 57.4 Å². The highest BCUT2D eigenvalue weighted by Gasteiger charge is 2.65. The van der Waals surface area contributed by atoms with Gasteiger partial charge in [-0.15, -0.1) is 0 Å². The van der Waals surface area contributed by atoms with Gasteiger partial charge in [0.15, 0.2) is 0 Å². The fourth-order valence-corrected chi connectivity index (χ4v) is 5.46. The van der Waals surface area contributed by atoms with Crippen LogP contribution in [0.15, 0.2) is 0 Å². The Morgan fingerprint density at radius 2 is 1.76 bits per heavy atom. The molecule has 0 bridgehead atoms. The molecule has 5 heteroatoms. The SMILES string of the molecule is CCCCCC1[C@@H](C2(O)CCCC2)N1S(=O)(=O)C(C)(C)C. The molecule has 0 aromatic carbocycles. The van der Waals surface area contributed by atoms with Crippen LogP contribution in [0.25, 0.3) is 0 Å². The van der Waals surface area contributed by atoms with E-state index in [1.807, 2.05) is 0 Å². The minimum atomic E-state index is -3.34. The second-order valence-electron chi connectivity index (χ2n) is 7.77. The van der Waals surface area contributed by atoms with Gasteiger partial charge in [-0.25, -0.2) is 8.42 Å². The third-order valence-electron chi connectivity index (χ3n) is 5.05. The molecule has 21 heavy (non-hydrogen) atoms. The minimum Gasteiger partial charge on any atom is -0.388 e. The van der Waals surface area contributed by atoms with Crippen LogP contribution in [-0.2, 0) is 10.0 Å². The fourth-order valence-electron chi connectivity index (χ4n) is 3.67. The summed E-state index contributed by atoms with van der Waals surface area (Å²) in [5, 5.41) is 10.9. The van der Waals surface area contributed by atoms with Gasteiger partial charge in [-0.3, -0.25) is 0 Å². The Hall–Kier alpha value is -0.130. The van der Waals surface area contributed by atoms with Crippen LogP contribution in [0.3, 0.4) is 0 Å². The predicted octanol–water partition coefficient (Wildman–Crippen LogP) is 3.05. The molecule has 0 aromatic rings. The molecule has 1 heterocycles. The predicted molar refractivity (Wildman–Crippen MR) is 85.6 cm³/mol. The number of unbranched alkanes of at least 4 members (excludes halogenated alkanes) is 2. The molecule has 2 unspecified atom stereocenters. The summed E-state index contributed by atoms with van der Waals surface area (Å²) >= 11 is 0. The Balaban J connectivity index is 2.17. The van der Waals surface area contributed by atoms with E-state index in [9.17, 15) is 13.5 Å². The highest BCUT2D eigenvalue weighted by molar-refractivity contribution is 7.90. The molecule has 1 aliphatic heterocycles. The molecule has 4 nitrogen and oxygen atoms in total. The lowest BCUT2D eigenvalue weighted by Crippen LogP contribution is -2.40. The summed E-state index contributed by atoms with van der Waals surface area (Å²) < 4.78 is 26.4. The second kappa shape index (κ2) is 5.82. The van der Waals surface area contributed by atoms with Crippen molar-refractivity contribution in [1.29, 1.82) is 0 Å². The van der Waals surface area contributed by atoms with Crippen LogP contribution in [0.2, 0.25) is 0 Å². The zero-order valence-electron chi connectivity index (χ0n) is 13.9. The van der Waals surface area contributed by atoms with Gasteiger partial charge < -0.3 is 5.11 Å². The monoisotopic (exact) mass is 317 g/mol. The zero-order valence-corrected chi connectivity index (χ0v) is 14.7. The van der Waals surface area contributed by atoms with Crippen molar-refractivity contribution in [2.75, 3.05) is 0 Å². The minimum absolute atomic E-state index is 0.0175. The van der Waals surface area contributed by atoms with Crippen LogP contribution in [0.4, 0.5) is 0 Å². The maximum absolute atomic E-state index is 12.8. The first-order chi connectivity index (χ1) is 9.65.